The lowest BCUT2D eigenvalue weighted by Crippen LogP contribution is -2.49. The second kappa shape index (κ2) is 20.6. The molecule has 0 amide bonds. The Morgan fingerprint density at radius 1 is 0.444 bits per heavy atom. The van der Waals surface area contributed by atoms with E-state index in [4.69, 9.17) is 4.74 Å². The summed E-state index contributed by atoms with van der Waals surface area (Å²) in [4.78, 5) is 0. The minimum Gasteiger partial charge on any atom is -0.332 e. The highest BCUT2D eigenvalue weighted by atomic mass is 16.5. The third kappa shape index (κ3) is 16.6. The SMILES string of the molecule is CCCCCCCCCCCCCCCCCCOC[N+](CC)(CC)CC. The van der Waals surface area contributed by atoms with Gasteiger partial charge in [-0.1, -0.05) is 103 Å². The maximum absolute atomic E-state index is 5.96. The number of unbranched alkanes of at least 4 members (excludes halogenated alkanes) is 15. The van der Waals surface area contributed by atoms with Crippen molar-refractivity contribution in [3.8, 4) is 0 Å². The summed E-state index contributed by atoms with van der Waals surface area (Å²) in [5.74, 6) is 0. The van der Waals surface area contributed by atoms with E-state index in [9.17, 15) is 0 Å². The summed E-state index contributed by atoms with van der Waals surface area (Å²) in [6.07, 6.45) is 22.9. The maximum Gasteiger partial charge on any atom is 0.183 e. The highest BCUT2D eigenvalue weighted by Gasteiger charge is 2.20. The summed E-state index contributed by atoms with van der Waals surface area (Å²) in [7, 11) is 0. The lowest BCUT2D eigenvalue weighted by molar-refractivity contribution is -0.941. The lowest BCUT2D eigenvalue weighted by Gasteiger charge is -2.35. The first-order chi connectivity index (χ1) is 13.2. The second-order valence-corrected chi connectivity index (χ2v) is 8.63. The quantitative estimate of drug-likeness (QED) is 0.104. The van der Waals surface area contributed by atoms with Crippen LogP contribution in [-0.4, -0.2) is 37.5 Å². The van der Waals surface area contributed by atoms with Crippen molar-refractivity contribution < 1.29 is 9.22 Å². The zero-order valence-electron chi connectivity index (χ0n) is 19.7. The summed E-state index contributed by atoms with van der Waals surface area (Å²) in [5, 5.41) is 0. The Morgan fingerprint density at radius 3 is 1.11 bits per heavy atom. The third-order valence-electron chi connectivity index (χ3n) is 6.52. The summed E-state index contributed by atoms with van der Waals surface area (Å²) in [6.45, 7) is 14.6. The van der Waals surface area contributed by atoms with Crippen LogP contribution in [0.1, 0.15) is 130 Å². The van der Waals surface area contributed by atoms with Gasteiger partial charge in [0.2, 0.25) is 0 Å². The van der Waals surface area contributed by atoms with Crippen LogP contribution in [0.2, 0.25) is 0 Å². The average Bonchev–Trinajstić information content (AvgIpc) is 2.70. The van der Waals surface area contributed by atoms with Crippen LogP contribution >= 0.6 is 0 Å². The second-order valence-electron chi connectivity index (χ2n) is 8.63. The molecule has 0 bridgehead atoms. The van der Waals surface area contributed by atoms with Crippen molar-refractivity contribution in [2.24, 2.45) is 0 Å². The van der Waals surface area contributed by atoms with Crippen LogP contribution in [-0.2, 0) is 4.74 Å². The molecule has 0 spiro atoms. The molecule has 0 saturated carbocycles. The predicted molar refractivity (Wildman–Crippen MR) is 122 cm³/mol. The summed E-state index contributed by atoms with van der Waals surface area (Å²) < 4.78 is 7.07. The molecule has 0 fully saturated rings. The maximum atomic E-state index is 5.96. The minimum atomic E-state index is 0.905. The van der Waals surface area contributed by atoms with Gasteiger partial charge in [0, 0.05) is 0 Å². The average molecular weight is 385 g/mol. The Kier molecular flexibility index (Phi) is 20.6. The summed E-state index contributed by atoms with van der Waals surface area (Å²) in [6, 6.07) is 0. The van der Waals surface area contributed by atoms with Gasteiger partial charge in [-0.25, -0.2) is 0 Å². The van der Waals surface area contributed by atoms with Crippen molar-refractivity contribution in [1.82, 2.24) is 0 Å². The molecule has 0 heterocycles. The van der Waals surface area contributed by atoms with Gasteiger partial charge in [-0.05, 0) is 27.2 Å². The van der Waals surface area contributed by atoms with Crippen LogP contribution in [0.3, 0.4) is 0 Å². The van der Waals surface area contributed by atoms with Crippen molar-refractivity contribution in [3.05, 3.63) is 0 Å². The van der Waals surface area contributed by atoms with Gasteiger partial charge in [0.25, 0.3) is 0 Å². The van der Waals surface area contributed by atoms with Gasteiger partial charge in [-0.3, -0.25) is 0 Å². The minimum absolute atomic E-state index is 0.905. The molecule has 0 saturated heterocycles. The van der Waals surface area contributed by atoms with Gasteiger partial charge < -0.3 is 9.22 Å². The van der Waals surface area contributed by atoms with Crippen LogP contribution < -0.4 is 0 Å². The number of hydrogen-bond acceptors (Lipinski definition) is 1. The van der Waals surface area contributed by atoms with Crippen LogP contribution in [0.4, 0.5) is 0 Å². The number of rotatable bonds is 22. The van der Waals surface area contributed by atoms with Gasteiger partial charge in [0.05, 0.1) is 26.2 Å². The van der Waals surface area contributed by atoms with Crippen molar-refractivity contribution >= 4 is 0 Å². The molecule has 2 nitrogen and oxygen atoms in total. The normalized spacial score (nSPS) is 12.0. The molecule has 164 valence electrons. The highest BCUT2D eigenvalue weighted by Crippen LogP contribution is 2.14. The van der Waals surface area contributed by atoms with E-state index in [1.54, 1.807) is 0 Å². The molecule has 27 heavy (non-hydrogen) atoms. The number of nitrogens with zero attached hydrogens (tertiary/aromatic N) is 1. The van der Waals surface area contributed by atoms with Crippen molar-refractivity contribution in [2.45, 2.75) is 130 Å². The Bertz CT molecular complexity index is 267. The summed E-state index contributed by atoms with van der Waals surface area (Å²) in [5.41, 5.74) is 0. The van der Waals surface area contributed by atoms with Gasteiger partial charge in [-0.15, -0.1) is 0 Å². The third-order valence-corrected chi connectivity index (χ3v) is 6.52. The smallest absolute Gasteiger partial charge is 0.183 e. The molecule has 0 unspecified atom stereocenters. The van der Waals surface area contributed by atoms with E-state index in [2.05, 4.69) is 27.7 Å². The molecular formula is C25H54NO+. The molecule has 0 radical (unpaired) electrons. The van der Waals surface area contributed by atoms with Crippen molar-refractivity contribution in [1.29, 1.82) is 0 Å². The number of hydrogen-bond donors (Lipinski definition) is 0. The molecular weight excluding hydrogens is 330 g/mol. The molecule has 0 atom stereocenters. The van der Waals surface area contributed by atoms with Gasteiger partial charge in [0.1, 0.15) is 0 Å². The van der Waals surface area contributed by atoms with E-state index in [1.165, 1.54) is 122 Å². The summed E-state index contributed by atoms with van der Waals surface area (Å²) >= 11 is 0. The molecule has 0 N–H and O–H groups in total. The van der Waals surface area contributed by atoms with E-state index < -0.39 is 0 Å². The fourth-order valence-corrected chi connectivity index (χ4v) is 3.96. The van der Waals surface area contributed by atoms with E-state index in [0.717, 1.165) is 17.8 Å². The largest absolute Gasteiger partial charge is 0.332 e. The van der Waals surface area contributed by atoms with E-state index >= 15 is 0 Å². The van der Waals surface area contributed by atoms with Crippen molar-refractivity contribution in [3.63, 3.8) is 0 Å². The van der Waals surface area contributed by atoms with E-state index in [-0.39, 0.29) is 0 Å². The van der Waals surface area contributed by atoms with Crippen LogP contribution in [0.25, 0.3) is 0 Å². The Labute approximate surface area is 173 Å². The van der Waals surface area contributed by atoms with Crippen LogP contribution in [0.15, 0.2) is 0 Å². The van der Waals surface area contributed by atoms with E-state index in [1.807, 2.05) is 0 Å². The Balaban J connectivity index is 3.19. The molecule has 0 aliphatic rings. The fourth-order valence-electron chi connectivity index (χ4n) is 3.96. The molecule has 2 heteroatoms. The standard InChI is InChI=1S/C25H54NO/c1-5-9-10-11-12-13-14-15-16-17-18-19-20-21-22-23-24-27-25-26(6-2,7-3)8-4/h5-25H2,1-4H3/q+1. The zero-order chi connectivity index (χ0) is 20.1. The molecule has 0 aliphatic heterocycles. The first-order valence-electron chi connectivity index (χ1n) is 12.7. The molecule has 0 aromatic carbocycles. The lowest BCUT2D eigenvalue weighted by atomic mass is 10.0. The fraction of sp³-hybridized carbons (Fsp3) is 1.00. The topological polar surface area (TPSA) is 9.23 Å². The Morgan fingerprint density at radius 2 is 0.778 bits per heavy atom. The van der Waals surface area contributed by atoms with Gasteiger partial charge in [-0.2, -0.15) is 0 Å². The molecule has 0 aromatic rings. The zero-order valence-corrected chi connectivity index (χ0v) is 19.7. The first kappa shape index (κ1) is 26.9. The van der Waals surface area contributed by atoms with E-state index in [0.29, 0.717) is 0 Å². The van der Waals surface area contributed by atoms with Crippen LogP contribution in [0, 0.1) is 0 Å². The highest BCUT2D eigenvalue weighted by molar-refractivity contribution is 4.50. The Hall–Kier alpha value is -0.0800. The van der Waals surface area contributed by atoms with Gasteiger partial charge in [0.15, 0.2) is 6.73 Å². The van der Waals surface area contributed by atoms with Crippen LogP contribution in [0.5, 0.6) is 0 Å². The monoisotopic (exact) mass is 384 g/mol. The molecule has 0 aliphatic carbocycles. The molecule has 0 rings (SSSR count). The number of quaternary nitrogens is 1. The van der Waals surface area contributed by atoms with Gasteiger partial charge >= 0.3 is 0 Å². The first-order valence-corrected chi connectivity index (χ1v) is 12.7. The number of ether oxygens (including phenoxy) is 1. The van der Waals surface area contributed by atoms with Crippen molar-refractivity contribution in [2.75, 3.05) is 33.0 Å². The molecule has 0 aromatic heterocycles. The predicted octanol–water partition coefficient (Wildman–Crippen LogP) is 8.10.